The number of carbonyl (C=O) groups is 1. The number of nitrogens with one attached hydrogen (secondary N) is 1. The van der Waals surface area contributed by atoms with Crippen LogP contribution in [0.4, 0.5) is 14.5 Å². The summed E-state index contributed by atoms with van der Waals surface area (Å²) in [4.78, 5) is 11.2. The van der Waals surface area contributed by atoms with E-state index in [0.29, 0.717) is 5.69 Å². The molecule has 1 aromatic carbocycles. The topological polar surface area (TPSA) is 73.6 Å². The van der Waals surface area contributed by atoms with Crippen LogP contribution >= 0.6 is 12.4 Å². The fourth-order valence-electron chi connectivity index (χ4n) is 1.38. The highest BCUT2D eigenvalue weighted by atomic mass is 35.5. The van der Waals surface area contributed by atoms with Crippen molar-refractivity contribution in [3.05, 3.63) is 18.2 Å². The lowest BCUT2D eigenvalue weighted by Crippen LogP contribution is -2.25. The second-order valence-corrected chi connectivity index (χ2v) is 3.42. The van der Waals surface area contributed by atoms with Gasteiger partial charge in [-0.05, 0) is 12.1 Å². The third-order valence-electron chi connectivity index (χ3n) is 2.06. The van der Waals surface area contributed by atoms with Crippen molar-refractivity contribution in [3.63, 3.8) is 0 Å². The van der Waals surface area contributed by atoms with Gasteiger partial charge in [0.15, 0.2) is 11.5 Å². The zero-order valence-corrected chi connectivity index (χ0v) is 9.93. The Morgan fingerprint density at radius 3 is 2.67 bits per heavy atom. The van der Waals surface area contributed by atoms with Gasteiger partial charge < -0.3 is 20.5 Å². The van der Waals surface area contributed by atoms with Gasteiger partial charge in [0.25, 0.3) is 0 Å². The van der Waals surface area contributed by atoms with E-state index < -0.39 is 6.29 Å². The Morgan fingerprint density at radius 2 is 2.00 bits per heavy atom. The van der Waals surface area contributed by atoms with Crippen molar-refractivity contribution in [2.45, 2.75) is 12.7 Å². The van der Waals surface area contributed by atoms with Crippen LogP contribution in [-0.4, -0.2) is 18.7 Å². The van der Waals surface area contributed by atoms with Crippen LogP contribution in [0.15, 0.2) is 18.2 Å². The zero-order chi connectivity index (χ0) is 12.5. The Hall–Kier alpha value is -1.60. The van der Waals surface area contributed by atoms with Crippen molar-refractivity contribution in [3.8, 4) is 11.5 Å². The van der Waals surface area contributed by atoms with Crippen LogP contribution in [0.25, 0.3) is 0 Å². The van der Waals surface area contributed by atoms with Crippen LogP contribution in [0, 0.1) is 0 Å². The van der Waals surface area contributed by atoms with Gasteiger partial charge in [0, 0.05) is 24.7 Å². The van der Waals surface area contributed by atoms with Gasteiger partial charge in [-0.15, -0.1) is 21.2 Å². The zero-order valence-electron chi connectivity index (χ0n) is 9.11. The average Bonchev–Trinajstić information content (AvgIpc) is 2.51. The SMILES string of the molecule is Cl.NCCC(=O)Nc1ccc2c(c1)OC(F)(F)O2. The first kappa shape index (κ1) is 14.5. The van der Waals surface area contributed by atoms with Gasteiger partial charge in [-0.3, -0.25) is 4.79 Å². The molecule has 8 heteroatoms. The molecule has 0 bridgehead atoms. The highest BCUT2D eigenvalue weighted by molar-refractivity contribution is 5.91. The van der Waals surface area contributed by atoms with Gasteiger partial charge in [-0.2, -0.15) is 0 Å². The van der Waals surface area contributed by atoms with E-state index in [1.165, 1.54) is 18.2 Å². The van der Waals surface area contributed by atoms with E-state index >= 15 is 0 Å². The van der Waals surface area contributed by atoms with E-state index in [1.807, 2.05) is 0 Å². The summed E-state index contributed by atoms with van der Waals surface area (Å²) in [5.74, 6) is -0.467. The number of benzene rings is 1. The second kappa shape index (κ2) is 5.36. The number of hydrogen-bond acceptors (Lipinski definition) is 4. The Morgan fingerprint density at radius 1 is 1.33 bits per heavy atom. The van der Waals surface area contributed by atoms with Crippen LogP contribution in [-0.2, 0) is 4.79 Å². The molecule has 0 fully saturated rings. The monoisotopic (exact) mass is 280 g/mol. The van der Waals surface area contributed by atoms with Gasteiger partial charge in [0.1, 0.15) is 0 Å². The number of amides is 1. The highest BCUT2D eigenvalue weighted by Crippen LogP contribution is 2.42. The number of carbonyl (C=O) groups excluding carboxylic acids is 1. The molecule has 100 valence electrons. The first-order chi connectivity index (χ1) is 8.00. The van der Waals surface area contributed by atoms with Crippen molar-refractivity contribution in [2.75, 3.05) is 11.9 Å². The van der Waals surface area contributed by atoms with E-state index in [9.17, 15) is 13.6 Å². The molecule has 18 heavy (non-hydrogen) atoms. The molecule has 0 saturated carbocycles. The first-order valence-electron chi connectivity index (χ1n) is 4.90. The number of rotatable bonds is 3. The van der Waals surface area contributed by atoms with Crippen LogP contribution in [0.5, 0.6) is 11.5 Å². The molecule has 0 spiro atoms. The van der Waals surface area contributed by atoms with E-state index in [0.717, 1.165) is 0 Å². The molecule has 1 aliphatic rings. The molecule has 1 amide bonds. The van der Waals surface area contributed by atoms with Crippen molar-refractivity contribution in [2.24, 2.45) is 5.73 Å². The number of hydrogen-bond donors (Lipinski definition) is 2. The Kier molecular flexibility index (Phi) is 4.31. The van der Waals surface area contributed by atoms with E-state index in [2.05, 4.69) is 14.8 Å². The molecule has 0 aliphatic carbocycles. The molecule has 0 saturated heterocycles. The van der Waals surface area contributed by atoms with E-state index in [-0.39, 0.29) is 42.8 Å². The lowest BCUT2D eigenvalue weighted by atomic mass is 10.2. The predicted molar refractivity (Wildman–Crippen MR) is 62.2 cm³/mol. The fraction of sp³-hybridized carbons (Fsp3) is 0.300. The van der Waals surface area contributed by atoms with Crippen molar-refractivity contribution in [1.82, 2.24) is 0 Å². The second-order valence-electron chi connectivity index (χ2n) is 3.42. The highest BCUT2D eigenvalue weighted by Gasteiger charge is 2.43. The minimum Gasteiger partial charge on any atom is -0.395 e. The number of anilines is 1. The Balaban J connectivity index is 0.00000162. The minimum atomic E-state index is -3.65. The molecule has 1 aliphatic heterocycles. The van der Waals surface area contributed by atoms with Gasteiger partial charge in [-0.25, -0.2) is 0 Å². The molecule has 0 unspecified atom stereocenters. The predicted octanol–water partition coefficient (Wildman–Crippen LogP) is 1.72. The Bertz CT molecular complexity index is 457. The van der Waals surface area contributed by atoms with Gasteiger partial charge in [-0.1, -0.05) is 0 Å². The first-order valence-corrected chi connectivity index (χ1v) is 4.90. The minimum absolute atomic E-state index is 0. The molecular formula is C10H11ClF2N2O3. The molecule has 2 rings (SSSR count). The summed E-state index contributed by atoms with van der Waals surface area (Å²) in [6, 6.07) is 4.01. The summed E-state index contributed by atoms with van der Waals surface area (Å²) in [6.07, 6.45) is -3.49. The number of nitrogens with two attached hydrogens (primary N) is 1. The summed E-state index contributed by atoms with van der Waals surface area (Å²) in [5, 5.41) is 2.50. The normalized spacial score (nSPS) is 14.8. The smallest absolute Gasteiger partial charge is 0.395 e. The molecular weight excluding hydrogens is 270 g/mol. The van der Waals surface area contributed by atoms with E-state index in [1.54, 1.807) is 0 Å². The fourth-order valence-corrected chi connectivity index (χ4v) is 1.38. The summed E-state index contributed by atoms with van der Waals surface area (Å²) >= 11 is 0. The van der Waals surface area contributed by atoms with Crippen LogP contribution in [0.3, 0.4) is 0 Å². The van der Waals surface area contributed by atoms with Crippen molar-refractivity contribution < 1.29 is 23.0 Å². The van der Waals surface area contributed by atoms with Gasteiger partial charge >= 0.3 is 6.29 Å². The third-order valence-corrected chi connectivity index (χ3v) is 2.06. The average molecular weight is 281 g/mol. The summed E-state index contributed by atoms with van der Waals surface area (Å²) in [5.41, 5.74) is 5.55. The van der Waals surface area contributed by atoms with Crippen LogP contribution in [0.1, 0.15) is 6.42 Å². The molecule has 1 aromatic rings. The summed E-state index contributed by atoms with van der Waals surface area (Å²) < 4.78 is 33.9. The Labute approximate surface area is 108 Å². The number of halogens is 3. The number of alkyl halides is 2. The quantitative estimate of drug-likeness (QED) is 0.884. The molecule has 0 atom stereocenters. The molecule has 3 N–H and O–H groups in total. The standard InChI is InChI=1S/C10H10F2N2O3.ClH/c11-10(12)16-7-2-1-6(5-8(7)17-10)14-9(15)3-4-13;/h1-2,5H,3-4,13H2,(H,14,15);1H. The molecule has 1 heterocycles. The van der Waals surface area contributed by atoms with Crippen LogP contribution < -0.4 is 20.5 Å². The number of fused-ring (bicyclic) bond motifs is 1. The van der Waals surface area contributed by atoms with E-state index in [4.69, 9.17) is 5.73 Å². The largest absolute Gasteiger partial charge is 0.586 e. The van der Waals surface area contributed by atoms with Gasteiger partial charge in [0.05, 0.1) is 0 Å². The lowest BCUT2D eigenvalue weighted by molar-refractivity contribution is -0.286. The molecule has 0 aromatic heterocycles. The summed E-state index contributed by atoms with van der Waals surface area (Å²) in [6.45, 7) is 0.217. The van der Waals surface area contributed by atoms with Crippen molar-refractivity contribution in [1.29, 1.82) is 0 Å². The van der Waals surface area contributed by atoms with Crippen molar-refractivity contribution >= 4 is 24.0 Å². The molecule has 5 nitrogen and oxygen atoms in total. The number of ether oxygens (including phenoxy) is 2. The summed E-state index contributed by atoms with van der Waals surface area (Å²) in [7, 11) is 0. The van der Waals surface area contributed by atoms with Crippen LogP contribution in [0.2, 0.25) is 0 Å². The lowest BCUT2D eigenvalue weighted by Gasteiger charge is -2.05. The maximum Gasteiger partial charge on any atom is 0.586 e. The third kappa shape index (κ3) is 3.21. The molecule has 0 radical (unpaired) electrons. The maximum atomic E-state index is 12.7. The van der Waals surface area contributed by atoms with Gasteiger partial charge in [0.2, 0.25) is 5.91 Å². The maximum absolute atomic E-state index is 12.7.